The molecule has 0 aliphatic carbocycles. The van der Waals surface area contributed by atoms with Crippen molar-refractivity contribution in [1.29, 1.82) is 0 Å². The van der Waals surface area contributed by atoms with Crippen molar-refractivity contribution >= 4 is 32.2 Å². The number of nitrogens with two attached hydrogens (primary N) is 2. The van der Waals surface area contributed by atoms with Crippen LogP contribution in [0.4, 0.5) is 11.4 Å². The van der Waals surface area contributed by atoms with Gasteiger partial charge in [-0.3, -0.25) is 4.79 Å². The lowest BCUT2D eigenvalue weighted by atomic mass is 10.1. The maximum Gasteiger partial charge on any atom is 0.206 e. The summed E-state index contributed by atoms with van der Waals surface area (Å²) in [7, 11) is -3.48. The van der Waals surface area contributed by atoms with E-state index in [2.05, 4.69) is 0 Å². The molecule has 34 heavy (non-hydrogen) atoms. The van der Waals surface area contributed by atoms with E-state index in [1.54, 1.807) is 30.3 Å². The normalized spacial score (nSPS) is 10.9. The number of sulfone groups is 1. The Hall–Kier alpha value is -4.36. The second-order valence-corrected chi connectivity index (χ2v) is 9.43. The van der Waals surface area contributed by atoms with Crippen LogP contribution in [0, 0.1) is 0 Å². The number of para-hydroxylation sites is 1. The van der Waals surface area contributed by atoms with Gasteiger partial charge in [-0.2, -0.15) is 0 Å². The second-order valence-electron chi connectivity index (χ2n) is 7.48. The third-order valence-corrected chi connectivity index (χ3v) is 6.86. The maximum absolute atomic E-state index is 12.2. The molecular weight excluding hydrogens is 448 g/mol. The molecule has 0 saturated heterocycles. The predicted octanol–water partition coefficient (Wildman–Crippen LogP) is 5.14. The van der Waals surface area contributed by atoms with Crippen molar-refractivity contribution < 1.29 is 12.8 Å². The summed E-state index contributed by atoms with van der Waals surface area (Å²) in [5, 5.41) is 0.618. The Morgan fingerprint density at radius 3 is 1.68 bits per heavy atom. The van der Waals surface area contributed by atoms with E-state index in [4.69, 9.17) is 15.9 Å². The number of nitrogen functional groups attached to an aromatic ring is 2. The van der Waals surface area contributed by atoms with Crippen molar-refractivity contribution in [2.24, 2.45) is 0 Å². The lowest BCUT2D eigenvalue weighted by molar-refractivity contribution is 0.596. The Kier molecular flexibility index (Phi) is 6.47. The summed E-state index contributed by atoms with van der Waals surface area (Å²) >= 11 is 0. The first-order valence-electron chi connectivity index (χ1n) is 10.4. The molecular formula is C27H22N2O4S. The highest BCUT2D eigenvalue weighted by molar-refractivity contribution is 7.91. The molecule has 0 atom stereocenters. The third-order valence-electron chi connectivity index (χ3n) is 5.07. The van der Waals surface area contributed by atoms with Crippen LogP contribution in [0.2, 0.25) is 0 Å². The SMILES string of the molecule is Nc1ccc(S(=O)(=O)c2ccc(N)cc2)cc1.O=c1cc(-c2ccccc2)oc2ccccc12. The predicted molar refractivity (Wildman–Crippen MR) is 135 cm³/mol. The summed E-state index contributed by atoms with van der Waals surface area (Å²) in [6.07, 6.45) is 0. The summed E-state index contributed by atoms with van der Waals surface area (Å²) in [6.45, 7) is 0. The summed E-state index contributed by atoms with van der Waals surface area (Å²) in [6, 6.07) is 30.6. The first-order valence-corrected chi connectivity index (χ1v) is 11.9. The van der Waals surface area contributed by atoms with E-state index in [0.717, 1.165) is 5.56 Å². The van der Waals surface area contributed by atoms with Crippen LogP contribution in [-0.2, 0) is 9.84 Å². The molecule has 4 N–H and O–H groups in total. The zero-order valence-electron chi connectivity index (χ0n) is 18.1. The molecule has 6 nitrogen and oxygen atoms in total. The quantitative estimate of drug-likeness (QED) is 0.353. The standard InChI is InChI=1S/C15H10O2.C12H12N2O2S/c16-13-10-15(11-6-2-1-3-7-11)17-14-9-5-4-8-12(13)14;13-9-1-5-11(6-2-9)17(15,16)12-7-3-10(14)4-8-12/h1-10H;1-8H,13-14H2. The zero-order chi connectivity index (χ0) is 24.1. The Labute approximate surface area is 197 Å². The summed E-state index contributed by atoms with van der Waals surface area (Å²) < 4.78 is 30.1. The molecule has 7 heteroatoms. The van der Waals surface area contributed by atoms with E-state index in [1.165, 1.54) is 30.3 Å². The molecule has 0 radical (unpaired) electrons. The fourth-order valence-corrected chi connectivity index (χ4v) is 4.54. The molecule has 0 fully saturated rings. The van der Waals surface area contributed by atoms with Gasteiger partial charge >= 0.3 is 0 Å². The van der Waals surface area contributed by atoms with Crippen molar-refractivity contribution in [3.8, 4) is 11.3 Å². The van der Waals surface area contributed by atoms with Crippen LogP contribution in [0.5, 0.6) is 0 Å². The van der Waals surface area contributed by atoms with E-state index in [-0.39, 0.29) is 15.2 Å². The van der Waals surface area contributed by atoms with Crippen molar-refractivity contribution in [2.75, 3.05) is 11.5 Å². The lowest BCUT2D eigenvalue weighted by Crippen LogP contribution is -2.02. The fourth-order valence-electron chi connectivity index (χ4n) is 3.28. The Morgan fingerprint density at radius 1 is 0.618 bits per heavy atom. The molecule has 1 aromatic heterocycles. The highest BCUT2D eigenvalue weighted by atomic mass is 32.2. The minimum atomic E-state index is -3.48. The number of rotatable bonds is 3. The van der Waals surface area contributed by atoms with Crippen molar-refractivity contribution in [1.82, 2.24) is 0 Å². The van der Waals surface area contributed by atoms with Gasteiger partial charge in [0.1, 0.15) is 11.3 Å². The van der Waals surface area contributed by atoms with Gasteiger partial charge in [0.05, 0.1) is 15.2 Å². The average Bonchev–Trinajstić information content (AvgIpc) is 2.85. The molecule has 0 saturated carbocycles. The van der Waals surface area contributed by atoms with Gasteiger partial charge in [0.2, 0.25) is 9.84 Å². The number of fused-ring (bicyclic) bond motifs is 1. The van der Waals surface area contributed by atoms with Crippen LogP contribution in [-0.4, -0.2) is 8.42 Å². The van der Waals surface area contributed by atoms with Gasteiger partial charge in [0.25, 0.3) is 0 Å². The van der Waals surface area contributed by atoms with E-state index in [1.807, 2.05) is 48.5 Å². The van der Waals surface area contributed by atoms with Gasteiger partial charge in [-0.25, -0.2) is 8.42 Å². The number of hydrogen-bond acceptors (Lipinski definition) is 6. The van der Waals surface area contributed by atoms with Gasteiger partial charge in [-0.05, 0) is 60.7 Å². The molecule has 170 valence electrons. The van der Waals surface area contributed by atoms with Gasteiger partial charge < -0.3 is 15.9 Å². The molecule has 0 aliphatic heterocycles. The fraction of sp³-hybridized carbons (Fsp3) is 0. The average molecular weight is 471 g/mol. The highest BCUT2D eigenvalue weighted by Gasteiger charge is 2.16. The third kappa shape index (κ3) is 5.00. The molecule has 0 aliphatic rings. The van der Waals surface area contributed by atoms with Crippen LogP contribution in [0.25, 0.3) is 22.3 Å². The number of anilines is 2. The van der Waals surface area contributed by atoms with Gasteiger partial charge in [0.15, 0.2) is 5.43 Å². The molecule has 5 aromatic rings. The van der Waals surface area contributed by atoms with Crippen molar-refractivity contribution in [3.63, 3.8) is 0 Å². The minimum Gasteiger partial charge on any atom is -0.456 e. The van der Waals surface area contributed by atoms with E-state index < -0.39 is 9.84 Å². The maximum atomic E-state index is 12.2. The number of benzene rings is 4. The number of hydrogen-bond donors (Lipinski definition) is 2. The molecule has 0 bridgehead atoms. The summed E-state index contributed by atoms with van der Waals surface area (Å²) in [4.78, 5) is 12.4. The molecule has 4 aromatic carbocycles. The van der Waals surface area contributed by atoms with Crippen molar-refractivity contribution in [2.45, 2.75) is 9.79 Å². The van der Waals surface area contributed by atoms with Crippen LogP contribution >= 0.6 is 0 Å². The second kappa shape index (κ2) is 9.64. The Bertz CT molecular complexity index is 1530. The molecule has 0 amide bonds. The molecule has 1 heterocycles. The summed E-state index contributed by atoms with van der Waals surface area (Å²) in [5.41, 5.74) is 13.6. The van der Waals surface area contributed by atoms with Gasteiger partial charge in [-0.1, -0.05) is 42.5 Å². The van der Waals surface area contributed by atoms with Crippen LogP contribution in [0.3, 0.4) is 0 Å². The van der Waals surface area contributed by atoms with Crippen LogP contribution in [0.15, 0.2) is 128 Å². The van der Waals surface area contributed by atoms with E-state index in [0.29, 0.717) is 28.1 Å². The topological polar surface area (TPSA) is 116 Å². The highest BCUT2D eigenvalue weighted by Crippen LogP contribution is 2.23. The first-order chi connectivity index (χ1) is 16.3. The van der Waals surface area contributed by atoms with E-state index >= 15 is 0 Å². The first kappa shape index (κ1) is 22.8. The van der Waals surface area contributed by atoms with Crippen LogP contribution < -0.4 is 16.9 Å². The van der Waals surface area contributed by atoms with Gasteiger partial charge in [0, 0.05) is 23.0 Å². The lowest BCUT2D eigenvalue weighted by Gasteiger charge is -2.05. The molecule has 5 rings (SSSR count). The monoisotopic (exact) mass is 470 g/mol. The minimum absolute atomic E-state index is 0.00861. The molecule has 0 spiro atoms. The Balaban J connectivity index is 0.000000161. The Morgan fingerprint density at radius 2 is 1.12 bits per heavy atom. The van der Waals surface area contributed by atoms with Crippen LogP contribution in [0.1, 0.15) is 0 Å². The largest absolute Gasteiger partial charge is 0.456 e. The smallest absolute Gasteiger partial charge is 0.206 e. The van der Waals surface area contributed by atoms with E-state index in [9.17, 15) is 13.2 Å². The zero-order valence-corrected chi connectivity index (χ0v) is 18.9. The van der Waals surface area contributed by atoms with Crippen molar-refractivity contribution in [3.05, 3.63) is 119 Å². The summed E-state index contributed by atoms with van der Waals surface area (Å²) in [5.74, 6) is 0.606. The van der Waals surface area contributed by atoms with Gasteiger partial charge in [-0.15, -0.1) is 0 Å². The molecule has 0 unspecified atom stereocenters.